The van der Waals surface area contributed by atoms with Crippen molar-refractivity contribution < 1.29 is 34.9 Å². The SMILES string of the molecule is CC1(S(=O)(=O)O)CC(=O)C2=C(OC=CO2)C1=O.[H-].[H-].[Mg+2]. The molecule has 2 rings (SSSR count). The van der Waals surface area contributed by atoms with Gasteiger partial charge in [-0.1, -0.05) is 0 Å². The van der Waals surface area contributed by atoms with Gasteiger partial charge < -0.3 is 12.3 Å². The molecule has 0 aromatic carbocycles. The number of allylic oxidation sites excluding steroid dienone is 2. The number of Topliss-reactive ketones (excluding diaryl/α,β-unsaturated/α-hetero) is 2. The van der Waals surface area contributed by atoms with Gasteiger partial charge in [0.15, 0.2) is 4.75 Å². The van der Waals surface area contributed by atoms with Crippen LogP contribution in [0.4, 0.5) is 0 Å². The van der Waals surface area contributed by atoms with E-state index in [4.69, 9.17) is 14.0 Å². The van der Waals surface area contributed by atoms with Gasteiger partial charge in [-0.05, 0) is 6.92 Å². The summed E-state index contributed by atoms with van der Waals surface area (Å²) in [5.41, 5.74) is 0. The molecule has 1 atom stereocenters. The summed E-state index contributed by atoms with van der Waals surface area (Å²) in [6.07, 6.45) is 1.38. The molecule has 1 aliphatic carbocycles. The molecular weight excluding hydrogens is 276 g/mol. The van der Waals surface area contributed by atoms with E-state index in [1.54, 1.807) is 0 Å². The topological polar surface area (TPSA) is 107 Å². The minimum absolute atomic E-state index is 0. The van der Waals surface area contributed by atoms with Crippen LogP contribution in [0.25, 0.3) is 0 Å². The van der Waals surface area contributed by atoms with Crippen molar-refractivity contribution in [1.82, 2.24) is 0 Å². The van der Waals surface area contributed by atoms with Gasteiger partial charge in [0.05, 0.1) is 0 Å². The zero-order chi connectivity index (χ0) is 12.8. The minimum atomic E-state index is -4.72. The number of ketones is 2. The van der Waals surface area contributed by atoms with E-state index in [-0.39, 0.29) is 31.7 Å². The van der Waals surface area contributed by atoms with E-state index in [0.29, 0.717) is 0 Å². The van der Waals surface area contributed by atoms with E-state index in [1.807, 2.05) is 0 Å². The molecule has 96 valence electrons. The number of carbonyl (C=O) groups is 2. The van der Waals surface area contributed by atoms with E-state index in [0.717, 1.165) is 19.4 Å². The summed E-state index contributed by atoms with van der Waals surface area (Å²) in [5.74, 6) is -2.55. The summed E-state index contributed by atoms with van der Waals surface area (Å²) in [7, 11) is -4.72. The van der Waals surface area contributed by atoms with E-state index in [1.165, 1.54) is 0 Å². The van der Waals surface area contributed by atoms with Gasteiger partial charge in [0.25, 0.3) is 10.1 Å². The molecule has 0 bridgehead atoms. The van der Waals surface area contributed by atoms with Crippen LogP contribution >= 0.6 is 0 Å². The van der Waals surface area contributed by atoms with Gasteiger partial charge in [-0.15, -0.1) is 0 Å². The van der Waals surface area contributed by atoms with Crippen LogP contribution in [0, 0.1) is 0 Å². The van der Waals surface area contributed by atoms with Crippen LogP contribution < -0.4 is 0 Å². The molecule has 0 aromatic heterocycles. The van der Waals surface area contributed by atoms with Gasteiger partial charge in [-0.2, -0.15) is 8.42 Å². The van der Waals surface area contributed by atoms with Gasteiger partial charge in [-0.3, -0.25) is 14.1 Å². The van der Waals surface area contributed by atoms with E-state index in [2.05, 4.69) is 0 Å². The fraction of sp³-hybridized carbons (Fsp3) is 0.333. The van der Waals surface area contributed by atoms with E-state index < -0.39 is 38.6 Å². The average Bonchev–Trinajstić information content (AvgIpc) is 2.25. The predicted molar refractivity (Wildman–Crippen MR) is 60.9 cm³/mol. The molecule has 1 unspecified atom stereocenters. The largest absolute Gasteiger partial charge is 2.00 e. The first kappa shape index (κ1) is 15.2. The zero-order valence-electron chi connectivity index (χ0n) is 11.4. The molecule has 1 aliphatic heterocycles. The molecule has 0 saturated heterocycles. The Morgan fingerprint density at radius 1 is 1.28 bits per heavy atom. The Morgan fingerprint density at radius 3 is 2.28 bits per heavy atom. The standard InChI is InChI=1S/C9H8O7S.Mg.2H/c1-9(17(12,13)14)4-5(10)6-7(8(9)11)16-3-2-15-6;;;/h2-3H,4H2,1H3,(H,12,13,14);;;/q;+2;2*-1. The second kappa shape index (κ2) is 4.65. The Bertz CT molecular complexity index is 583. The Kier molecular flexibility index (Phi) is 3.91. The van der Waals surface area contributed by atoms with Crippen LogP contribution in [0.3, 0.4) is 0 Å². The van der Waals surface area contributed by atoms with Crippen molar-refractivity contribution in [2.75, 3.05) is 0 Å². The Balaban J connectivity index is 0. The zero-order valence-corrected chi connectivity index (χ0v) is 11.6. The van der Waals surface area contributed by atoms with Crippen molar-refractivity contribution in [2.45, 2.75) is 18.1 Å². The van der Waals surface area contributed by atoms with E-state index >= 15 is 0 Å². The van der Waals surface area contributed by atoms with Crippen molar-refractivity contribution >= 4 is 44.7 Å². The maximum atomic E-state index is 11.9. The molecular formula is C9H10MgO7S. The molecule has 9 heteroatoms. The minimum Gasteiger partial charge on any atom is -1.00 e. The molecule has 0 amide bonds. The Labute approximate surface area is 122 Å². The monoisotopic (exact) mass is 286 g/mol. The quantitative estimate of drug-likeness (QED) is 0.523. The van der Waals surface area contributed by atoms with Gasteiger partial charge in [0, 0.05) is 6.42 Å². The molecule has 0 fully saturated rings. The van der Waals surface area contributed by atoms with Crippen molar-refractivity contribution in [2.24, 2.45) is 0 Å². The molecule has 0 radical (unpaired) electrons. The van der Waals surface area contributed by atoms with Crippen LogP contribution in [0.5, 0.6) is 0 Å². The molecule has 1 heterocycles. The van der Waals surface area contributed by atoms with Crippen LogP contribution in [0.15, 0.2) is 24.0 Å². The molecule has 0 saturated carbocycles. The number of hydrogen-bond acceptors (Lipinski definition) is 6. The first-order valence-electron chi connectivity index (χ1n) is 4.55. The van der Waals surface area contributed by atoms with Crippen molar-refractivity contribution in [3.63, 3.8) is 0 Å². The third kappa shape index (κ3) is 2.07. The molecule has 7 nitrogen and oxygen atoms in total. The van der Waals surface area contributed by atoms with Crippen LogP contribution in [0.2, 0.25) is 0 Å². The Morgan fingerprint density at radius 2 is 1.78 bits per heavy atom. The molecule has 2 aliphatic rings. The summed E-state index contributed by atoms with van der Waals surface area (Å²) < 4.78 is 38.8. The Hall–Kier alpha value is -0.904. The first-order chi connectivity index (χ1) is 7.77. The number of carbonyl (C=O) groups excluding carboxylic acids is 2. The summed E-state index contributed by atoms with van der Waals surface area (Å²) in [6, 6.07) is 0. The van der Waals surface area contributed by atoms with Crippen molar-refractivity contribution in [3.05, 3.63) is 24.0 Å². The average molecular weight is 287 g/mol. The van der Waals surface area contributed by atoms with Crippen LogP contribution in [0.1, 0.15) is 16.2 Å². The van der Waals surface area contributed by atoms with Crippen molar-refractivity contribution in [3.8, 4) is 0 Å². The summed E-state index contributed by atoms with van der Waals surface area (Å²) >= 11 is 0. The number of rotatable bonds is 1. The van der Waals surface area contributed by atoms with Gasteiger partial charge in [0.2, 0.25) is 23.1 Å². The van der Waals surface area contributed by atoms with Crippen LogP contribution in [-0.2, 0) is 29.2 Å². The van der Waals surface area contributed by atoms with Gasteiger partial charge in [-0.25, -0.2) is 0 Å². The second-order valence-corrected chi connectivity index (χ2v) is 5.65. The van der Waals surface area contributed by atoms with Gasteiger partial charge in [0.1, 0.15) is 12.5 Å². The summed E-state index contributed by atoms with van der Waals surface area (Å²) in [5, 5.41) is 0. The predicted octanol–water partition coefficient (Wildman–Crippen LogP) is -0.251. The normalized spacial score (nSPS) is 27.0. The van der Waals surface area contributed by atoms with Crippen LogP contribution in [-0.4, -0.2) is 52.3 Å². The van der Waals surface area contributed by atoms with E-state index in [9.17, 15) is 18.0 Å². The third-order valence-corrected chi connectivity index (χ3v) is 4.11. The summed E-state index contributed by atoms with van der Waals surface area (Å²) in [6.45, 7) is 0.966. The number of ether oxygens (including phenoxy) is 2. The second-order valence-electron chi connectivity index (χ2n) is 3.80. The fourth-order valence-electron chi connectivity index (χ4n) is 1.56. The smallest absolute Gasteiger partial charge is 1.00 e. The molecule has 18 heavy (non-hydrogen) atoms. The maximum Gasteiger partial charge on any atom is 2.00 e. The summed E-state index contributed by atoms with van der Waals surface area (Å²) in [4.78, 5) is 23.5. The number of hydrogen-bond donors (Lipinski definition) is 1. The van der Waals surface area contributed by atoms with Gasteiger partial charge >= 0.3 is 23.1 Å². The first-order valence-corrected chi connectivity index (χ1v) is 5.99. The maximum absolute atomic E-state index is 11.9. The fourth-order valence-corrected chi connectivity index (χ4v) is 2.20. The molecule has 0 aromatic rings. The van der Waals surface area contributed by atoms with Crippen molar-refractivity contribution in [1.29, 1.82) is 0 Å². The molecule has 0 spiro atoms. The molecule has 1 N–H and O–H groups in total. The third-order valence-electron chi connectivity index (χ3n) is 2.64.